The van der Waals surface area contributed by atoms with Crippen molar-refractivity contribution in [3.8, 4) is 5.75 Å². The molecule has 1 aromatic heterocycles. The van der Waals surface area contributed by atoms with E-state index in [-0.39, 0.29) is 23.4 Å². The highest BCUT2D eigenvalue weighted by Crippen LogP contribution is 2.24. The molecular formula is C22H22FN7O2. The normalized spacial score (nSPS) is 13.8. The van der Waals surface area contributed by atoms with E-state index in [0.29, 0.717) is 30.2 Å². The van der Waals surface area contributed by atoms with E-state index in [9.17, 15) is 14.3 Å². The molecule has 4 rings (SSSR count). The van der Waals surface area contributed by atoms with Crippen molar-refractivity contribution >= 4 is 41.0 Å². The highest BCUT2D eigenvalue weighted by Gasteiger charge is 2.14. The van der Waals surface area contributed by atoms with E-state index in [2.05, 4.69) is 30.9 Å². The highest BCUT2D eigenvalue weighted by atomic mass is 19.1. The smallest absolute Gasteiger partial charge is 0.265 e. The van der Waals surface area contributed by atoms with Gasteiger partial charge in [0.25, 0.3) is 5.91 Å². The van der Waals surface area contributed by atoms with Crippen LogP contribution >= 0.6 is 0 Å². The Hall–Kier alpha value is -4.05. The number of nitrogens with one attached hydrogen (secondary N) is 3. The van der Waals surface area contributed by atoms with Crippen molar-refractivity contribution in [3.05, 3.63) is 60.5 Å². The lowest BCUT2D eigenvalue weighted by atomic mass is 10.3. The van der Waals surface area contributed by atoms with Crippen LogP contribution in [0.25, 0.3) is 0 Å². The van der Waals surface area contributed by atoms with Crippen LogP contribution in [-0.2, 0) is 4.79 Å². The average molecular weight is 435 g/mol. The number of aromatic nitrogens is 2. The lowest BCUT2D eigenvalue weighted by molar-refractivity contribution is -0.124. The largest absolute Gasteiger partial charge is 0.508 e. The number of hydrogen-bond acceptors (Lipinski definition) is 8. The summed E-state index contributed by atoms with van der Waals surface area (Å²) in [7, 11) is 0. The molecule has 1 amide bonds. The summed E-state index contributed by atoms with van der Waals surface area (Å²) in [5, 5.41) is 18.6. The first kappa shape index (κ1) is 21.2. The molecule has 0 bridgehead atoms. The van der Waals surface area contributed by atoms with Crippen molar-refractivity contribution < 1.29 is 14.3 Å². The first-order chi connectivity index (χ1) is 15.6. The zero-order valence-electron chi connectivity index (χ0n) is 17.1. The van der Waals surface area contributed by atoms with Crippen LogP contribution in [0.3, 0.4) is 0 Å². The first-order valence-electron chi connectivity index (χ1n) is 10.1. The molecule has 1 aliphatic heterocycles. The SMILES string of the molecule is O=C(C=Nc1cccc(Nc2ncc(F)c(Nc3cccc(O)c3)n2)c1)N1CCNCC1. The molecule has 9 nitrogen and oxygen atoms in total. The fraction of sp³-hybridized carbons (Fsp3) is 0.182. The minimum atomic E-state index is -0.635. The summed E-state index contributed by atoms with van der Waals surface area (Å²) >= 11 is 0. The Morgan fingerprint density at radius 3 is 2.66 bits per heavy atom. The summed E-state index contributed by atoms with van der Waals surface area (Å²) < 4.78 is 14.2. The Bertz CT molecular complexity index is 1130. The standard InChI is InChI=1S/C22H22FN7O2/c23-19-13-26-22(29-21(19)27-17-5-2-6-18(31)12-17)28-16-4-1-3-15(11-16)25-14-20(32)30-9-7-24-8-10-30/h1-6,11-14,24,31H,7-10H2,(H2,26,27,28,29). The second-order valence-corrected chi connectivity index (χ2v) is 7.07. The number of anilines is 4. The van der Waals surface area contributed by atoms with E-state index in [4.69, 9.17) is 0 Å². The summed E-state index contributed by atoms with van der Waals surface area (Å²) in [5.41, 5.74) is 1.70. The average Bonchev–Trinajstić information content (AvgIpc) is 2.80. The van der Waals surface area contributed by atoms with Crippen LogP contribution in [0.2, 0.25) is 0 Å². The fourth-order valence-electron chi connectivity index (χ4n) is 3.13. The molecular weight excluding hydrogens is 413 g/mol. The number of piperazine rings is 1. The summed E-state index contributed by atoms with van der Waals surface area (Å²) in [6, 6.07) is 13.3. The summed E-state index contributed by atoms with van der Waals surface area (Å²) in [4.78, 5) is 26.4. The summed E-state index contributed by atoms with van der Waals surface area (Å²) in [6.45, 7) is 2.87. The number of nitrogens with zero attached hydrogens (tertiary/aromatic N) is 4. The molecule has 2 heterocycles. The molecule has 0 atom stereocenters. The predicted molar refractivity (Wildman–Crippen MR) is 121 cm³/mol. The number of hydrogen-bond donors (Lipinski definition) is 4. The van der Waals surface area contributed by atoms with Crippen LogP contribution in [0.1, 0.15) is 0 Å². The monoisotopic (exact) mass is 435 g/mol. The second-order valence-electron chi connectivity index (χ2n) is 7.07. The maximum Gasteiger partial charge on any atom is 0.265 e. The molecule has 0 aliphatic carbocycles. The number of phenols is 1. The number of carbonyl (C=O) groups is 1. The van der Waals surface area contributed by atoms with Crippen molar-refractivity contribution in [1.29, 1.82) is 0 Å². The van der Waals surface area contributed by atoms with Gasteiger partial charge in [0.2, 0.25) is 5.95 Å². The van der Waals surface area contributed by atoms with Gasteiger partial charge in [-0.2, -0.15) is 4.98 Å². The number of halogens is 1. The van der Waals surface area contributed by atoms with Gasteiger partial charge < -0.3 is 26.0 Å². The van der Waals surface area contributed by atoms with E-state index >= 15 is 0 Å². The highest BCUT2D eigenvalue weighted by molar-refractivity contribution is 6.26. The Kier molecular flexibility index (Phi) is 6.52. The zero-order chi connectivity index (χ0) is 22.3. The third kappa shape index (κ3) is 5.55. The molecule has 1 fully saturated rings. The van der Waals surface area contributed by atoms with E-state index < -0.39 is 5.82 Å². The van der Waals surface area contributed by atoms with E-state index in [1.807, 2.05) is 0 Å². The van der Waals surface area contributed by atoms with Crippen LogP contribution in [0.4, 0.5) is 33.2 Å². The molecule has 3 aromatic rings. The lowest BCUT2D eigenvalue weighted by Gasteiger charge is -2.25. The third-order valence-corrected chi connectivity index (χ3v) is 4.71. The zero-order valence-corrected chi connectivity index (χ0v) is 17.1. The van der Waals surface area contributed by atoms with Gasteiger partial charge >= 0.3 is 0 Å². The van der Waals surface area contributed by atoms with Crippen LogP contribution in [0.15, 0.2) is 59.7 Å². The molecule has 4 N–H and O–H groups in total. The maximum absolute atomic E-state index is 14.2. The van der Waals surface area contributed by atoms with Gasteiger partial charge in [-0.15, -0.1) is 0 Å². The molecule has 0 unspecified atom stereocenters. The Balaban J connectivity index is 1.45. The van der Waals surface area contributed by atoms with Crippen LogP contribution in [0, 0.1) is 5.82 Å². The number of aromatic hydroxyl groups is 1. The minimum absolute atomic E-state index is 0.0381. The molecule has 1 aliphatic rings. The molecule has 32 heavy (non-hydrogen) atoms. The van der Waals surface area contributed by atoms with Crippen LogP contribution < -0.4 is 16.0 Å². The van der Waals surface area contributed by atoms with Gasteiger partial charge in [0.05, 0.1) is 18.1 Å². The first-order valence-corrected chi connectivity index (χ1v) is 10.1. The van der Waals surface area contributed by atoms with E-state index in [1.165, 1.54) is 18.3 Å². The molecule has 2 aromatic carbocycles. The third-order valence-electron chi connectivity index (χ3n) is 4.71. The Labute approximate surface area is 184 Å². The molecule has 0 radical (unpaired) electrons. The summed E-state index contributed by atoms with van der Waals surface area (Å²) in [6.07, 6.45) is 2.37. The number of phenolic OH excluding ortho intramolecular Hbond substituents is 1. The second kappa shape index (κ2) is 9.84. The Morgan fingerprint density at radius 2 is 1.88 bits per heavy atom. The van der Waals surface area contributed by atoms with Gasteiger partial charge in [0, 0.05) is 43.6 Å². The number of benzene rings is 2. The van der Waals surface area contributed by atoms with Gasteiger partial charge in [-0.05, 0) is 30.3 Å². The van der Waals surface area contributed by atoms with Crippen molar-refractivity contribution in [2.24, 2.45) is 4.99 Å². The van der Waals surface area contributed by atoms with Gasteiger partial charge in [0.1, 0.15) is 5.75 Å². The minimum Gasteiger partial charge on any atom is -0.508 e. The molecule has 0 spiro atoms. The number of carbonyl (C=O) groups excluding carboxylic acids is 1. The van der Waals surface area contributed by atoms with E-state index in [1.54, 1.807) is 41.3 Å². The van der Waals surface area contributed by atoms with Gasteiger partial charge in [-0.1, -0.05) is 12.1 Å². The molecule has 164 valence electrons. The number of aliphatic imine (C=N–C) groups is 1. The van der Waals surface area contributed by atoms with Gasteiger partial charge in [0.15, 0.2) is 11.6 Å². The van der Waals surface area contributed by atoms with Gasteiger partial charge in [-0.25, -0.2) is 9.37 Å². The van der Waals surface area contributed by atoms with Crippen molar-refractivity contribution in [1.82, 2.24) is 20.2 Å². The fourth-order valence-corrected chi connectivity index (χ4v) is 3.13. The number of amides is 1. The van der Waals surface area contributed by atoms with Crippen molar-refractivity contribution in [2.45, 2.75) is 0 Å². The molecule has 1 saturated heterocycles. The molecule has 0 saturated carbocycles. The van der Waals surface area contributed by atoms with Crippen LogP contribution in [0.5, 0.6) is 5.75 Å². The van der Waals surface area contributed by atoms with Crippen LogP contribution in [-0.4, -0.2) is 58.3 Å². The predicted octanol–water partition coefficient (Wildman–Crippen LogP) is 2.94. The maximum atomic E-state index is 14.2. The van der Waals surface area contributed by atoms with E-state index in [0.717, 1.165) is 19.3 Å². The van der Waals surface area contributed by atoms with Crippen molar-refractivity contribution in [2.75, 3.05) is 36.8 Å². The Morgan fingerprint density at radius 1 is 1.12 bits per heavy atom. The van der Waals surface area contributed by atoms with Gasteiger partial charge in [-0.3, -0.25) is 9.79 Å². The topological polar surface area (TPSA) is 115 Å². The summed E-state index contributed by atoms with van der Waals surface area (Å²) in [5.74, 6) is -0.579. The number of rotatable bonds is 6. The van der Waals surface area contributed by atoms with Crippen molar-refractivity contribution in [3.63, 3.8) is 0 Å². The lowest BCUT2D eigenvalue weighted by Crippen LogP contribution is -2.46. The molecule has 10 heteroatoms. The quantitative estimate of drug-likeness (QED) is 0.440.